The van der Waals surface area contributed by atoms with Crippen molar-refractivity contribution in [3.63, 3.8) is 0 Å². The van der Waals surface area contributed by atoms with Crippen LogP contribution < -0.4 is 16.4 Å². The number of nitrogens with two attached hydrogens (primary N) is 1. The van der Waals surface area contributed by atoms with Gasteiger partial charge in [-0.3, -0.25) is 15.0 Å². The van der Waals surface area contributed by atoms with Crippen LogP contribution in [0.25, 0.3) is 22.5 Å². The molecule has 1 aliphatic carbocycles. The number of imidazole rings is 1. The number of aromatic nitrogens is 6. The summed E-state index contributed by atoms with van der Waals surface area (Å²) < 4.78 is 17.1. The summed E-state index contributed by atoms with van der Waals surface area (Å²) in [5.74, 6) is 2.25. The van der Waals surface area contributed by atoms with Crippen LogP contribution in [-0.2, 0) is 5.41 Å². The van der Waals surface area contributed by atoms with Gasteiger partial charge in [0.1, 0.15) is 40.3 Å². The smallest absolute Gasteiger partial charge is 0.326 e. The topological polar surface area (TPSA) is 128 Å². The van der Waals surface area contributed by atoms with Crippen LogP contribution in [-0.4, -0.2) is 35.2 Å². The van der Waals surface area contributed by atoms with Crippen molar-refractivity contribution in [2.45, 2.75) is 44.9 Å². The van der Waals surface area contributed by atoms with Gasteiger partial charge in [-0.2, -0.15) is 5.10 Å². The molecule has 0 radical (unpaired) electrons. The van der Waals surface area contributed by atoms with E-state index in [2.05, 4.69) is 25.7 Å². The van der Waals surface area contributed by atoms with Crippen molar-refractivity contribution in [2.75, 3.05) is 16.4 Å². The molecule has 1 fully saturated rings. The van der Waals surface area contributed by atoms with Crippen molar-refractivity contribution in [2.24, 2.45) is 0 Å². The summed E-state index contributed by atoms with van der Waals surface area (Å²) in [6.07, 6.45) is 7.42. The molecule has 0 aliphatic heterocycles. The highest BCUT2D eigenvalue weighted by atomic mass is 19.1. The van der Waals surface area contributed by atoms with E-state index in [-0.39, 0.29) is 11.2 Å². The van der Waals surface area contributed by atoms with Gasteiger partial charge in [-0.1, -0.05) is 20.8 Å². The normalized spacial score (nSPS) is 13.5. The first kappa shape index (κ1) is 24.5. The number of carbonyl (C=O) groups is 1. The minimum Gasteiger partial charge on any atom is -0.382 e. The van der Waals surface area contributed by atoms with Crippen molar-refractivity contribution in [3.8, 4) is 16.9 Å². The maximum Gasteiger partial charge on any atom is 0.326 e. The molecule has 11 heteroatoms. The Kier molecular flexibility index (Phi) is 5.78. The van der Waals surface area contributed by atoms with Crippen LogP contribution in [0.4, 0.5) is 26.6 Å². The summed E-state index contributed by atoms with van der Waals surface area (Å²) in [4.78, 5) is 26.5. The molecule has 6 rings (SSSR count). The molecule has 10 nitrogen and oxygen atoms in total. The molecule has 0 bridgehead atoms. The van der Waals surface area contributed by atoms with E-state index in [0.717, 1.165) is 35.4 Å². The van der Waals surface area contributed by atoms with Gasteiger partial charge in [-0.05, 0) is 49.2 Å². The number of carbonyl (C=O) groups excluding carboxylic acids is 1. The van der Waals surface area contributed by atoms with Gasteiger partial charge in [-0.25, -0.2) is 28.8 Å². The van der Waals surface area contributed by atoms with E-state index in [1.165, 1.54) is 12.1 Å². The molecule has 198 valence electrons. The van der Waals surface area contributed by atoms with Crippen LogP contribution in [0, 0.1) is 5.82 Å². The Labute approximate surface area is 224 Å². The van der Waals surface area contributed by atoms with E-state index in [4.69, 9.17) is 10.7 Å². The van der Waals surface area contributed by atoms with Gasteiger partial charge in [-0.15, -0.1) is 0 Å². The first-order chi connectivity index (χ1) is 18.7. The zero-order valence-electron chi connectivity index (χ0n) is 21.8. The van der Waals surface area contributed by atoms with Crippen molar-refractivity contribution in [1.82, 2.24) is 29.1 Å². The van der Waals surface area contributed by atoms with Crippen LogP contribution in [0.15, 0.2) is 61.1 Å². The molecule has 0 unspecified atom stereocenters. The molecular formula is C28H28FN9O. The van der Waals surface area contributed by atoms with Crippen molar-refractivity contribution < 1.29 is 9.18 Å². The Hall–Kier alpha value is -4.80. The molecule has 0 spiro atoms. The number of benzene rings is 1. The molecule has 5 aromatic rings. The van der Waals surface area contributed by atoms with Crippen molar-refractivity contribution in [3.05, 3.63) is 78.4 Å². The highest BCUT2D eigenvalue weighted by molar-refractivity contribution is 5.99. The predicted octanol–water partition coefficient (Wildman–Crippen LogP) is 5.52. The van der Waals surface area contributed by atoms with Crippen molar-refractivity contribution >= 4 is 29.0 Å². The molecule has 0 atom stereocenters. The maximum atomic E-state index is 13.5. The lowest BCUT2D eigenvalue weighted by Gasteiger charge is -2.14. The Bertz CT molecular complexity index is 1680. The van der Waals surface area contributed by atoms with Crippen LogP contribution in [0.2, 0.25) is 0 Å². The SMILES string of the molecule is CC(C)(C)c1cc(NC(=O)Nc2ccc(-c3nc(C4CC4)n4ccnc(N)c34)cn2)n(-c2ccc(F)cc2)n1. The molecule has 0 saturated heterocycles. The fourth-order valence-corrected chi connectivity index (χ4v) is 4.41. The number of anilines is 3. The van der Waals surface area contributed by atoms with E-state index in [9.17, 15) is 9.18 Å². The van der Waals surface area contributed by atoms with Crippen molar-refractivity contribution in [1.29, 1.82) is 0 Å². The molecule has 39 heavy (non-hydrogen) atoms. The molecule has 4 N–H and O–H groups in total. The highest BCUT2D eigenvalue weighted by Crippen LogP contribution is 2.42. The molecule has 1 aliphatic rings. The van der Waals surface area contributed by atoms with Crippen LogP contribution >= 0.6 is 0 Å². The zero-order valence-corrected chi connectivity index (χ0v) is 21.8. The first-order valence-electron chi connectivity index (χ1n) is 12.7. The largest absolute Gasteiger partial charge is 0.382 e. The van der Waals surface area contributed by atoms with Gasteiger partial charge in [0.2, 0.25) is 0 Å². The lowest BCUT2D eigenvalue weighted by Crippen LogP contribution is -2.21. The summed E-state index contributed by atoms with van der Waals surface area (Å²) in [5.41, 5.74) is 9.58. The summed E-state index contributed by atoms with van der Waals surface area (Å²) in [6, 6.07) is 10.8. The second kappa shape index (κ2) is 9.19. The van der Waals surface area contributed by atoms with Crippen LogP contribution in [0.5, 0.6) is 0 Å². The van der Waals surface area contributed by atoms with E-state index >= 15 is 0 Å². The van der Waals surface area contributed by atoms with E-state index in [0.29, 0.717) is 34.8 Å². The standard InChI is InChI=1S/C28H28FN9O/c1-28(2,3)20-14-22(38(36-20)19-9-7-18(29)8-10-19)34-27(39)33-21-11-6-17(15-32-21)23-24-25(30)31-12-13-37(24)26(35-23)16-4-5-16/h6-16H,4-5H2,1-3H3,(H2,30,31)(H2,32,33,34,39). The number of hydrogen-bond donors (Lipinski definition) is 3. The number of halogens is 1. The maximum absolute atomic E-state index is 13.5. The minimum absolute atomic E-state index is 0.259. The van der Waals surface area contributed by atoms with E-state index in [1.54, 1.807) is 41.3 Å². The van der Waals surface area contributed by atoms with Gasteiger partial charge >= 0.3 is 6.03 Å². The molecule has 1 saturated carbocycles. The number of amides is 2. The predicted molar refractivity (Wildman–Crippen MR) is 147 cm³/mol. The lowest BCUT2D eigenvalue weighted by molar-refractivity contribution is 0.262. The third kappa shape index (κ3) is 4.78. The lowest BCUT2D eigenvalue weighted by atomic mass is 9.92. The first-order valence-corrected chi connectivity index (χ1v) is 12.7. The average Bonchev–Trinajstić information content (AvgIpc) is 3.53. The molecule has 4 heterocycles. The Balaban J connectivity index is 1.24. The zero-order chi connectivity index (χ0) is 27.3. The second-order valence-corrected chi connectivity index (χ2v) is 10.7. The number of nitrogens with zero attached hydrogens (tertiary/aromatic N) is 6. The molecule has 2 amide bonds. The number of nitrogens with one attached hydrogen (secondary N) is 2. The number of urea groups is 1. The van der Waals surface area contributed by atoms with Crippen LogP contribution in [0.3, 0.4) is 0 Å². The Morgan fingerprint density at radius 2 is 1.85 bits per heavy atom. The third-order valence-electron chi connectivity index (χ3n) is 6.62. The van der Waals surface area contributed by atoms with E-state index in [1.807, 2.05) is 37.4 Å². The molecule has 1 aromatic carbocycles. The molecular weight excluding hydrogens is 497 g/mol. The Morgan fingerprint density at radius 1 is 1.08 bits per heavy atom. The number of pyridine rings is 1. The monoisotopic (exact) mass is 525 g/mol. The Morgan fingerprint density at radius 3 is 2.51 bits per heavy atom. The third-order valence-corrected chi connectivity index (χ3v) is 6.62. The quantitative estimate of drug-likeness (QED) is 0.277. The second-order valence-electron chi connectivity index (χ2n) is 10.7. The summed E-state index contributed by atoms with van der Waals surface area (Å²) in [7, 11) is 0. The fraction of sp³-hybridized carbons (Fsp3) is 0.250. The van der Waals surface area contributed by atoms with E-state index < -0.39 is 6.03 Å². The summed E-state index contributed by atoms with van der Waals surface area (Å²) >= 11 is 0. The minimum atomic E-state index is -0.490. The number of fused-ring (bicyclic) bond motifs is 1. The molecule has 4 aromatic heterocycles. The van der Waals surface area contributed by atoms with Gasteiger partial charge in [0.25, 0.3) is 0 Å². The number of nitrogen functional groups attached to an aromatic ring is 1. The summed E-state index contributed by atoms with van der Waals surface area (Å²) in [5, 5.41) is 10.3. The number of hydrogen-bond acceptors (Lipinski definition) is 6. The van der Waals surface area contributed by atoms with Gasteiger partial charge in [0.15, 0.2) is 0 Å². The average molecular weight is 526 g/mol. The van der Waals surface area contributed by atoms with Gasteiger partial charge in [0.05, 0.1) is 11.4 Å². The number of rotatable bonds is 5. The highest BCUT2D eigenvalue weighted by Gasteiger charge is 2.30. The van der Waals surface area contributed by atoms with Gasteiger partial charge in [0, 0.05) is 41.6 Å². The fourth-order valence-electron chi connectivity index (χ4n) is 4.41. The van der Waals surface area contributed by atoms with Gasteiger partial charge < -0.3 is 5.73 Å². The summed E-state index contributed by atoms with van der Waals surface area (Å²) in [6.45, 7) is 6.08. The van der Waals surface area contributed by atoms with Crippen LogP contribution in [0.1, 0.15) is 51.0 Å².